The molecular formula is C23H22N4O2S. The van der Waals surface area contributed by atoms with Gasteiger partial charge in [-0.1, -0.05) is 41.7 Å². The Kier molecular flexibility index (Phi) is 5.48. The summed E-state index contributed by atoms with van der Waals surface area (Å²) in [7, 11) is 0. The van der Waals surface area contributed by atoms with E-state index in [2.05, 4.69) is 20.3 Å². The van der Waals surface area contributed by atoms with Crippen molar-refractivity contribution in [3.8, 4) is 22.1 Å². The lowest BCUT2D eigenvalue weighted by Gasteiger charge is -2.16. The van der Waals surface area contributed by atoms with E-state index in [0.29, 0.717) is 17.3 Å². The molecule has 30 heavy (non-hydrogen) atoms. The Balaban J connectivity index is 1.54. The van der Waals surface area contributed by atoms with Gasteiger partial charge in [-0.15, -0.1) is 0 Å². The molecular weight excluding hydrogens is 396 g/mol. The van der Waals surface area contributed by atoms with Crippen LogP contribution in [0.3, 0.4) is 0 Å². The van der Waals surface area contributed by atoms with Crippen molar-refractivity contribution in [3.63, 3.8) is 0 Å². The number of nitrogens with zero attached hydrogens (tertiary/aromatic N) is 3. The Hall–Kier alpha value is -3.29. The van der Waals surface area contributed by atoms with Gasteiger partial charge in [0.2, 0.25) is 5.06 Å². The molecule has 0 fully saturated rings. The molecule has 0 radical (unpaired) electrons. The summed E-state index contributed by atoms with van der Waals surface area (Å²) in [4.78, 5) is 13.3. The maximum absolute atomic E-state index is 10.0. The van der Waals surface area contributed by atoms with Gasteiger partial charge in [0, 0.05) is 17.8 Å². The van der Waals surface area contributed by atoms with Crippen LogP contribution in [0.4, 0.5) is 11.5 Å². The molecule has 0 aliphatic carbocycles. The second kappa shape index (κ2) is 8.22. The highest BCUT2D eigenvalue weighted by atomic mass is 32.1. The minimum atomic E-state index is -0.978. The van der Waals surface area contributed by atoms with Crippen molar-refractivity contribution in [1.82, 2.24) is 15.0 Å². The number of nitrogens with one attached hydrogen (secondary N) is 1. The summed E-state index contributed by atoms with van der Waals surface area (Å²) in [6.45, 7) is 5.37. The summed E-state index contributed by atoms with van der Waals surface area (Å²) in [5, 5.41) is 14.9. The van der Waals surface area contributed by atoms with Crippen molar-refractivity contribution in [3.05, 3.63) is 77.7 Å². The van der Waals surface area contributed by atoms with E-state index in [1.807, 2.05) is 55.5 Å². The Morgan fingerprint density at radius 3 is 2.53 bits per heavy atom. The number of pyridine rings is 2. The van der Waals surface area contributed by atoms with Crippen LogP contribution in [0.25, 0.3) is 11.3 Å². The zero-order valence-electron chi connectivity index (χ0n) is 17.0. The topological polar surface area (TPSA) is 80.2 Å². The Morgan fingerprint density at radius 2 is 1.83 bits per heavy atom. The van der Waals surface area contributed by atoms with E-state index in [0.717, 1.165) is 27.0 Å². The minimum absolute atomic E-state index is 0.604. The molecule has 6 nitrogen and oxygen atoms in total. The number of hydrogen-bond donors (Lipinski definition) is 2. The molecule has 3 heterocycles. The number of ether oxygens (including phenoxy) is 1. The third-order valence-electron chi connectivity index (χ3n) is 4.35. The molecule has 0 atom stereocenters. The van der Waals surface area contributed by atoms with Gasteiger partial charge in [-0.2, -0.15) is 0 Å². The Bertz CT molecular complexity index is 1140. The fourth-order valence-corrected chi connectivity index (χ4v) is 3.69. The molecule has 0 unspecified atom stereocenters. The number of benzene rings is 1. The second-order valence-electron chi connectivity index (χ2n) is 7.33. The highest BCUT2D eigenvalue weighted by molar-refractivity contribution is 7.13. The van der Waals surface area contributed by atoms with E-state index in [1.165, 1.54) is 11.3 Å². The molecule has 0 saturated heterocycles. The predicted molar refractivity (Wildman–Crippen MR) is 119 cm³/mol. The number of hydrogen-bond acceptors (Lipinski definition) is 7. The van der Waals surface area contributed by atoms with Crippen molar-refractivity contribution in [2.45, 2.75) is 26.4 Å². The van der Waals surface area contributed by atoms with E-state index in [1.54, 1.807) is 32.3 Å². The van der Waals surface area contributed by atoms with E-state index in [4.69, 9.17) is 4.74 Å². The van der Waals surface area contributed by atoms with Crippen LogP contribution in [0.1, 0.15) is 24.5 Å². The third-order valence-corrected chi connectivity index (χ3v) is 5.20. The quantitative estimate of drug-likeness (QED) is 0.420. The molecule has 1 aromatic carbocycles. The van der Waals surface area contributed by atoms with Gasteiger partial charge in [0.15, 0.2) is 0 Å². The summed E-state index contributed by atoms with van der Waals surface area (Å²) in [5.74, 6) is 1.29. The third kappa shape index (κ3) is 4.64. The monoisotopic (exact) mass is 418 g/mol. The van der Waals surface area contributed by atoms with Crippen LogP contribution in [0, 0.1) is 6.92 Å². The van der Waals surface area contributed by atoms with Gasteiger partial charge >= 0.3 is 0 Å². The molecule has 0 bridgehead atoms. The number of aromatic nitrogens is 3. The highest BCUT2D eigenvalue weighted by Crippen LogP contribution is 2.38. The summed E-state index contributed by atoms with van der Waals surface area (Å²) >= 11 is 1.51. The van der Waals surface area contributed by atoms with Crippen LogP contribution in [-0.2, 0) is 5.60 Å². The lowest BCUT2D eigenvalue weighted by atomic mass is 10.1. The normalized spacial score (nSPS) is 11.3. The molecule has 0 aliphatic heterocycles. The lowest BCUT2D eigenvalue weighted by Crippen LogP contribution is -2.17. The smallest absolute Gasteiger partial charge is 0.208 e. The predicted octanol–water partition coefficient (Wildman–Crippen LogP) is 5.67. The van der Waals surface area contributed by atoms with Gasteiger partial charge in [0.25, 0.3) is 0 Å². The fourth-order valence-electron chi connectivity index (χ4n) is 2.88. The molecule has 4 aromatic rings. The maximum Gasteiger partial charge on any atom is 0.208 e. The summed E-state index contributed by atoms with van der Waals surface area (Å²) < 4.78 is 6.15. The minimum Gasteiger partial charge on any atom is -0.444 e. The van der Waals surface area contributed by atoms with Crippen LogP contribution in [0.2, 0.25) is 0 Å². The van der Waals surface area contributed by atoms with E-state index in [9.17, 15) is 5.11 Å². The molecule has 0 amide bonds. The zero-order valence-corrected chi connectivity index (χ0v) is 17.8. The van der Waals surface area contributed by atoms with Gasteiger partial charge < -0.3 is 15.2 Å². The molecule has 3 aromatic heterocycles. The summed E-state index contributed by atoms with van der Waals surface area (Å²) in [6, 6.07) is 17.3. The van der Waals surface area contributed by atoms with Crippen molar-refractivity contribution in [2.24, 2.45) is 0 Å². The molecule has 4 rings (SSSR count). The first kappa shape index (κ1) is 20.0. The first-order chi connectivity index (χ1) is 14.4. The van der Waals surface area contributed by atoms with Crippen LogP contribution >= 0.6 is 11.3 Å². The molecule has 2 N–H and O–H groups in total. The summed E-state index contributed by atoms with van der Waals surface area (Å²) in [6.07, 6.45) is 3.36. The number of aliphatic hydroxyl groups is 1. The van der Waals surface area contributed by atoms with Crippen molar-refractivity contribution >= 4 is 22.8 Å². The average molecular weight is 419 g/mol. The Labute approximate surface area is 179 Å². The van der Waals surface area contributed by atoms with Crippen LogP contribution < -0.4 is 10.1 Å². The van der Waals surface area contributed by atoms with E-state index in [-0.39, 0.29) is 0 Å². The van der Waals surface area contributed by atoms with E-state index < -0.39 is 5.60 Å². The zero-order chi connectivity index (χ0) is 21.1. The van der Waals surface area contributed by atoms with Crippen molar-refractivity contribution in [2.75, 3.05) is 5.32 Å². The Morgan fingerprint density at radius 1 is 1.03 bits per heavy atom. The first-order valence-electron chi connectivity index (χ1n) is 9.51. The maximum atomic E-state index is 10.0. The number of thiazole rings is 1. The number of rotatable bonds is 6. The first-order valence-corrected chi connectivity index (χ1v) is 10.3. The molecule has 7 heteroatoms. The second-order valence-corrected chi connectivity index (χ2v) is 8.50. The number of anilines is 2. The van der Waals surface area contributed by atoms with Crippen LogP contribution in [0.15, 0.2) is 67.0 Å². The van der Waals surface area contributed by atoms with Crippen molar-refractivity contribution < 1.29 is 9.84 Å². The molecule has 0 spiro atoms. The highest BCUT2D eigenvalue weighted by Gasteiger charge is 2.17. The molecule has 152 valence electrons. The lowest BCUT2D eigenvalue weighted by molar-refractivity contribution is 0.0739. The van der Waals surface area contributed by atoms with E-state index >= 15 is 0 Å². The van der Waals surface area contributed by atoms with Gasteiger partial charge in [0.05, 0.1) is 22.6 Å². The standard InChI is InChI=1S/C23H22N4O2S/c1-15-26-21(16-7-5-4-6-8-16)22(30-15)29-18-11-12-24-20(13-18)27-17-9-10-19(25-14-17)23(2,3)28/h4-14,28H,1-3H3,(H,24,27). The molecule has 0 saturated carbocycles. The van der Waals surface area contributed by atoms with Crippen LogP contribution in [-0.4, -0.2) is 20.1 Å². The molecule has 0 aliphatic rings. The van der Waals surface area contributed by atoms with Gasteiger partial charge in [-0.3, -0.25) is 4.98 Å². The fraction of sp³-hybridized carbons (Fsp3) is 0.174. The number of aryl methyl sites for hydroxylation is 1. The SMILES string of the molecule is Cc1nc(-c2ccccc2)c(Oc2ccnc(Nc3ccc(C(C)(C)O)nc3)c2)s1. The van der Waals surface area contributed by atoms with Gasteiger partial charge in [-0.25, -0.2) is 9.97 Å². The van der Waals surface area contributed by atoms with Crippen LogP contribution in [0.5, 0.6) is 10.8 Å². The van der Waals surface area contributed by atoms with Gasteiger partial charge in [0.1, 0.15) is 22.9 Å². The van der Waals surface area contributed by atoms with Crippen molar-refractivity contribution in [1.29, 1.82) is 0 Å². The largest absolute Gasteiger partial charge is 0.444 e. The summed E-state index contributed by atoms with van der Waals surface area (Å²) in [5.41, 5.74) is 2.24. The van der Waals surface area contributed by atoms with Gasteiger partial charge in [-0.05, 0) is 39.0 Å². The average Bonchev–Trinajstić information content (AvgIpc) is 3.09.